The molecule has 1 saturated carbocycles. The Bertz CT molecular complexity index is 221. The summed E-state index contributed by atoms with van der Waals surface area (Å²) >= 11 is 0. The maximum Gasteiger partial charge on any atom is 0.331 e. The highest BCUT2D eigenvalue weighted by Gasteiger charge is 2.43. The van der Waals surface area contributed by atoms with Gasteiger partial charge in [0, 0.05) is 19.0 Å². The Morgan fingerprint density at radius 3 is 2.85 bits per heavy atom. The van der Waals surface area contributed by atoms with Crippen LogP contribution >= 0.6 is 0 Å². The minimum absolute atomic E-state index is 0.222. The highest BCUT2D eigenvalue weighted by molar-refractivity contribution is 5.73. The summed E-state index contributed by atoms with van der Waals surface area (Å²) in [5, 5.41) is 9.58. The number of hydrogen-bond donors (Lipinski definition) is 3. The normalized spacial score (nSPS) is 37.7. The number of rotatable bonds is 0. The fourth-order valence-corrected chi connectivity index (χ4v) is 2.49. The van der Waals surface area contributed by atoms with Crippen LogP contribution in [0.3, 0.4) is 0 Å². The predicted octanol–water partition coefficient (Wildman–Crippen LogP) is -0.728. The Morgan fingerprint density at radius 1 is 1.46 bits per heavy atom. The fraction of sp³-hybridized carbons (Fsp3) is 0.875. The molecule has 2 rings (SSSR count). The summed E-state index contributed by atoms with van der Waals surface area (Å²) in [5.41, 5.74) is 2.12. The molecule has 5 heteroatoms. The van der Waals surface area contributed by atoms with E-state index in [0.717, 1.165) is 19.4 Å². The third-order valence-electron chi connectivity index (χ3n) is 3.23. The molecule has 2 fully saturated rings. The van der Waals surface area contributed by atoms with E-state index >= 15 is 0 Å². The molecule has 13 heavy (non-hydrogen) atoms. The van der Waals surface area contributed by atoms with Crippen LogP contribution in [0.5, 0.6) is 0 Å². The van der Waals surface area contributed by atoms with E-state index < -0.39 is 0 Å². The number of likely N-dealkylation sites (tertiary alicyclic amines) is 1. The van der Waals surface area contributed by atoms with Crippen LogP contribution in [0.4, 0.5) is 4.79 Å². The first kappa shape index (κ1) is 8.77. The number of hydrazine groups is 1. The van der Waals surface area contributed by atoms with E-state index in [1.165, 1.54) is 0 Å². The number of aliphatic hydroxyl groups excluding tert-OH is 1. The highest BCUT2D eigenvalue weighted by Crippen LogP contribution is 2.37. The molecule has 2 amide bonds. The topological polar surface area (TPSA) is 78.6 Å². The van der Waals surface area contributed by atoms with Gasteiger partial charge in [-0.3, -0.25) is 5.43 Å². The summed E-state index contributed by atoms with van der Waals surface area (Å²) in [5.74, 6) is 5.79. The van der Waals surface area contributed by atoms with Crippen LogP contribution in [0.2, 0.25) is 0 Å². The molecule has 1 saturated heterocycles. The Kier molecular flexibility index (Phi) is 2.13. The summed E-state index contributed by atoms with van der Waals surface area (Å²) < 4.78 is 0. The van der Waals surface area contributed by atoms with Crippen LogP contribution < -0.4 is 11.3 Å². The molecular formula is C8H15N3O2. The van der Waals surface area contributed by atoms with E-state index in [1.807, 2.05) is 0 Å². The minimum Gasteiger partial charge on any atom is -0.393 e. The molecule has 0 radical (unpaired) electrons. The number of carbonyl (C=O) groups is 1. The number of nitrogens with one attached hydrogen (secondary N) is 1. The van der Waals surface area contributed by atoms with E-state index in [1.54, 1.807) is 4.90 Å². The Labute approximate surface area is 76.9 Å². The maximum atomic E-state index is 11.2. The second-order valence-electron chi connectivity index (χ2n) is 3.92. The fourth-order valence-electron chi connectivity index (χ4n) is 2.49. The van der Waals surface area contributed by atoms with Gasteiger partial charge in [0.15, 0.2) is 0 Å². The van der Waals surface area contributed by atoms with E-state index in [-0.39, 0.29) is 18.1 Å². The van der Waals surface area contributed by atoms with Crippen LogP contribution in [0.1, 0.15) is 12.8 Å². The third kappa shape index (κ3) is 1.38. The van der Waals surface area contributed by atoms with Gasteiger partial charge in [-0.1, -0.05) is 0 Å². The molecule has 0 spiro atoms. The summed E-state index contributed by atoms with van der Waals surface area (Å²) in [6, 6.07) is -0.235. The monoisotopic (exact) mass is 185 g/mol. The van der Waals surface area contributed by atoms with Gasteiger partial charge in [-0.05, 0) is 18.8 Å². The quantitative estimate of drug-likeness (QED) is 0.264. The average molecular weight is 185 g/mol. The van der Waals surface area contributed by atoms with Crippen molar-refractivity contribution in [1.82, 2.24) is 10.3 Å². The molecule has 2 aliphatic rings. The summed E-state index contributed by atoms with van der Waals surface area (Å²) in [6.45, 7) is 1.39. The van der Waals surface area contributed by atoms with Crippen molar-refractivity contribution in [2.75, 3.05) is 13.1 Å². The van der Waals surface area contributed by atoms with E-state index in [0.29, 0.717) is 12.5 Å². The average Bonchev–Trinajstić information content (AvgIpc) is 2.67. The van der Waals surface area contributed by atoms with Crippen LogP contribution in [-0.4, -0.2) is 35.2 Å². The van der Waals surface area contributed by atoms with Gasteiger partial charge in [0.25, 0.3) is 0 Å². The lowest BCUT2D eigenvalue weighted by Crippen LogP contribution is -2.42. The van der Waals surface area contributed by atoms with Crippen LogP contribution in [-0.2, 0) is 0 Å². The lowest BCUT2D eigenvalue weighted by molar-refractivity contribution is 0.126. The molecule has 0 bridgehead atoms. The molecule has 1 aliphatic heterocycles. The van der Waals surface area contributed by atoms with Gasteiger partial charge in [-0.2, -0.15) is 0 Å². The second-order valence-corrected chi connectivity index (χ2v) is 3.92. The van der Waals surface area contributed by atoms with Gasteiger partial charge >= 0.3 is 6.03 Å². The lowest BCUT2D eigenvalue weighted by Gasteiger charge is -2.17. The molecular weight excluding hydrogens is 170 g/mol. The van der Waals surface area contributed by atoms with Gasteiger partial charge in [0.2, 0.25) is 0 Å². The molecule has 0 aromatic heterocycles. The molecule has 3 unspecified atom stereocenters. The number of amides is 2. The van der Waals surface area contributed by atoms with E-state index in [2.05, 4.69) is 5.43 Å². The van der Waals surface area contributed by atoms with Gasteiger partial charge in [0.05, 0.1) is 6.10 Å². The molecule has 0 aromatic rings. The van der Waals surface area contributed by atoms with Crippen LogP contribution in [0, 0.1) is 11.8 Å². The van der Waals surface area contributed by atoms with Gasteiger partial charge in [-0.25, -0.2) is 10.6 Å². The van der Waals surface area contributed by atoms with Crippen molar-refractivity contribution in [3.8, 4) is 0 Å². The van der Waals surface area contributed by atoms with Gasteiger partial charge in [0.1, 0.15) is 0 Å². The lowest BCUT2D eigenvalue weighted by atomic mass is 10.00. The predicted molar refractivity (Wildman–Crippen MR) is 46.5 cm³/mol. The molecule has 1 heterocycles. The minimum atomic E-state index is -0.235. The standard InChI is InChI=1S/C8H15N3O2/c9-10-8(13)11-3-5-1-2-7(12)6(5)4-11/h5-7,12H,1-4,9H2,(H,10,13). The molecule has 74 valence electrons. The molecule has 1 aliphatic carbocycles. The summed E-state index contributed by atoms with van der Waals surface area (Å²) in [7, 11) is 0. The number of carbonyl (C=O) groups excluding carboxylic acids is 1. The van der Waals surface area contributed by atoms with E-state index in [9.17, 15) is 9.90 Å². The first-order valence-corrected chi connectivity index (χ1v) is 4.66. The van der Waals surface area contributed by atoms with Crippen molar-refractivity contribution in [3.63, 3.8) is 0 Å². The van der Waals surface area contributed by atoms with Crippen molar-refractivity contribution in [2.24, 2.45) is 17.7 Å². The summed E-state index contributed by atoms with van der Waals surface area (Å²) in [4.78, 5) is 12.8. The Hall–Kier alpha value is -0.810. The molecule has 0 aromatic carbocycles. The zero-order valence-electron chi connectivity index (χ0n) is 7.44. The van der Waals surface area contributed by atoms with Crippen molar-refractivity contribution in [3.05, 3.63) is 0 Å². The van der Waals surface area contributed by atoms with Crippen LogP contribution in [0.25, 0.3) is 0 Å². The van der Waals surface area contributed by atoms with Crippen molar-refractivity contribution in [1.29, 1.82) is 0 Å². The first-order chi connectivity index (χ1) is 6.22. The number of urea groups is 1. The Balaban J connectivity index is 1.98. The number of fused-ring (bicyclic) bond motifs is 1. The second kappa shape index (κ2) is 3.16. The molecule has 4 N–H and O–H groups in total. The van der Waals surface area contributed by atoms with E-state index in [4.69, 9.17) is 5.84 Å². The third-order valence-corrected chi connectivity index (χ3v) is 3.23. The van der Waals surface area contributed by atoms with Crippen molar-refractivity contribution in [2.45, 2.75) is 18.9 Å². The van der Waals surface area contributed by atoms with Gasteiger partial charge < -0.3 is 10.0 Å². The van der Waals surface area contributed by atoms with Crippen molar-refractivity contribution >= 4 is 6.03 Å². The zero-order valence-corrected chi connectivity index (χ0v) is 7.44. The SMILES string of the molecule is NNC(=O)N1CC2CCC(O)C2C1. The number of nitrogens with two attached hydrogens (primary N) is 1. The summed E-state index contributed by atoms with van der Waals surface area (Å²) in [6.07, 6.45) is 1.69. The zero-order chi connectivity index (χ0) is 9.42. The molecule has 3 atom stereocenters. The number of hydrogen-bond acceptors (Lipinski definition) is 3. The largest absolute Gasteiger partial charge is 0.393 e. The smallest absolute Gasteiger partial charge is 0.331 e. The maximum absolute atomic E-state index is 11.2. The van der Waals surface area contributed by atoms with Crippen LogP contribution in [0.15, 0.2) is 0 Å². The number of nitrogens with zero attached hydrogens (tertiary/aromatic N) is 1. The van der Waals surface area contributed by atoms with Gasteiger partial charge in [-0.15, -0.1) is 0 Å². The molecule has 5 nitrogen and oxygen atoms in total. The Morgan fingerprint density at radius 2 is 2.23 bits per heavy atom. The highest BCUT2D eigenvalue weighted by atomic mass is 16.3. The first-order valence-electron chi connectivity index (χ1n) is 4.66. The number of aliphatic hydroxyl groups is 1. The van der Waals surface area contributed by atoms with Crippen molar-refractivity contribution < 1.29 is 9.90 Å².